The van der Waals surface area contributed by atoms with Crippen molar-refractivity contribution >= 4 is 39.1 Å². The van der Waals surface area contributed by atoms with E-state index >= 15 is 0 Å². The van der Waals surface area contributed by atoms with Gasteiger partial charge >= 0.3 is 6.18 Å². The lowest BCUT2D eigenvalue weighted by Gasteiger charge is -2.14. The number of benzene rings is 2. The van der Waals surface area contributed by atoms with Crippen LogP contribution < -0.4 is 5.32 Å². The fraction of sp³-hybridized carbons (Fsp3) is 0.0714. The van der Waals surface area contributed by atoms with E-state index in [1.165, 1.54) is 6.07 Å². The Morgan fingerprint density at radius 1 is 1.14 bits per heavy atom. The van der Waals surface area contributed by atoms with Crippen LogP contribution in [-0.2, 0) is 6.18 Å². The van der Waals surface area contributed by atoms with Gasteiger partial charge in [0.1, 0.15) is 0 Å². The smallest absolute Gasteiger partial charge is 0.321 e. The van der Waals surface area contributed by atoms with Gasteiger partial charge in [0.2, 0.25) is 0 Å². The van der Waals surface area contributed by atoms with Crippen molar-refractivity contribution in [3.63, 3.8) is 0 Å². The van der Waals surface area contributed by atoms with Gasteiger partial charge in [-0.2, -0.15) is 13.2 Å². The summed E-state index contributed by atoms with van der Waals surface area (Å²) in [6.45, 7) is 0. The Kier molecular flexibility index (Phi) is 4.58. The number of amides is 1. The van der Waals surface area contributed by atoms with Gasteiger partial charge in [-0.15, -0.1) is 0 Å². The van der Waals surface area contributed by atoms with E-state index in [1.807, 2.05) is 0 Å². The summed E-state index contributed by atoms with van der Waals surface area (Å²) < 4.78 is 39.2. The number of halogens is 5. The largest absolute Gasteiger partial charge is 0.418 e. The van der Waals surface area contributed by atoms with E-state index in [0.717, 1.165) is 18.2 Å². The molecule has 0 saturated carbocycles. The minimum absolute atomic E-state index is 0.102. The van der Waals surface area contributed by atoms with Crippen LogP contribution in [0.15, 0.2) is 46.9 Å². The Balaban J connectivity index is 2.38. The van der Waals surface area contributed by atoms with Gasteiger partial charge < -0.3 is 5.32 Å². The first kappa shape index (κ1) is 15.9. The van der Waals surface area contributed by atoms with E-state index in [4.69, 9.17) is 11.6 Å². The monoisotopic (exact) mass is 377 g/mol. The maximum atomic E-state index is 12.9. The maximum Gasteiger partial charge on any atom is 0.418 e. The Morgan fingerprint density at radius 2 is 1.81 bits per heavy atom. The van der Waals surface area contributed by atoms with Gasteiger partial charge in [0, 0.05) is 9.50 Å². The van der Waals surface area contributed by atoms with Crippen molar-refractivity contribution in [3.05, 3.63) is 63.1 Å². The second-order valence-corrected chi connectivity index (χ2v) is 5.41. The van der Waals surface area contributed by atoms with Crippen LogP contribution >= 0.6 is 27.5 Å². The van der Waals surface area contributed by atoms with Crippen molar-refractivity contribution in [1.29, 1.82) is 0 Å². The summed E-state index contributed by atoms with van der Waals surface area (Å²) in [6.07, 6.45) is -4.58. The molecule has 0 spiro atoms. The van der Waals surface area contributed by atoms with Crippen molar-refractivity contribution in [2.45, 2.75) is 6.18 Å². The van der Waals surface area contributed by atoms with E-state index in [9.17, 15) is 18.0 Å². The minimum Gasteiger partial charge on any atom is -0.321 e. The second kappa shape index (κ2) is 6.07. The van der Waals surface area contributed by atoms with E-state index < -0.39 is 17.6 Å². The van der Waals surface area contributed by atoms with Crippen LogP contribution in [0.2, 0.25) is 5.02 Å². The first-order chi connectivity index (χ1) is 9.79. The third-order valence-corrected chi connectivity index (χ3v) is 3.58. The number of carbonyl (C=O) groups is 1. The lowest BCUT2D eigenvalue weighted by Crippen LogP contribution is -2.17. The molecule has 2 aromatic carbocycles. The van der Waals surface area contributed by atoms with Gasteiger partial charge in [-0.05, 0) is 46.3 Å². The Labute approximate surface area is 132 Å². The van der Waals surface area contributed by atoms with Crippen molar-refractivity contribution < 1.29 is 18.0 Å². The van der Waals surface area contributed by atoms with Crippen molar-refractivity contribution in [2.24, 2.45) is 0 Å². The topological polar surface area (TPSA) is 29.1 Å². The van der Waals surface area contributed by atoms with Gasteiger partial charge in [0.25, 0.3) is 5.91 Å². The summed E-state index contributed by atoms with van der Waals surface area (Å²) >= 11 is 8.87. The normalized spacial score (nSPS) is 11.3. The molecule has 1 amide bonds. The molecular weight excluding hydrogens is 371 g/mol. The highest BCUT2D eigenvalue weighted by Gasteiger charge is 2.34. The molecule has 0 unspecified atom stereocenters. The summed E-state index contributed by atoms with van der Waals surface area (Å²) in [5.74, 6) is -0.657. The average Bonchev–Trinajstić information content (AvgIpc) is 2.37. The molecule has 0 radical (unpaired) electrons. The Morgan fingerprint density at radius 3 is 2.43 bits per heavy atom. The van der Waals surface area contributed by atoms with Gasteiger partial charge in [-0.3, -0.25) is 4.79 Å². The molecule has 2 rings (SSSR count). The zero-order chi connectivity index (χ0) is 15.6. The minimum atomic E-state index is -4.58. The molecule has 0 heterocycles. The van der Waals surface area contributed by atoms with Crippen LogP contribution in [-0.4, -0.2) is 5.91 Å². The molecule has 0 aliphatic heterocycles. The lowest BCUT2D eigenvalue weighted by molar-refractivity contribution is -0.136. The molecular formula is C14H8BrClF3NO. The quantitative estimate of drug-likeness (QED) is 0.747. The molecule has 0 aliphatic carbocycles. The standard InChI is InChI=1S/C14H8BrClF3NO/c15-11-4-2-1-3-9(11)13(21)20-12-7-8(16)5-6-10(12)14(17,18)19/h1-7H,(H,20,21). The van der Waals surface area contributed by atoms with E-state index in [1.54, 1.807) is 18.2 Å². The fourth-order valence-corrected chi connectivity index (χ4v) is 2.34. The summed E-state index contributed by atoms with van der Waals surface area (Å²) in [5, 5.41) is 2.34. The Hall–Kier alpha value is -1.53. The van der Waals surface area contributed by atoms with E-state index in [2.05, 4.69) is 21.2 Å². The molecule has 1 N–H and O–H groups in total. The van der Waals surface area contributed by atoms with Gasteiger partial charge in [-0.25, -0.2) is 0 Å². The summed E-state index contributed by atoms with van der Waals surface area (Å²) in [5.41, 5.74) is -1.10. The van der Waals surface area contributed by atoms with Crippen LogP contribution in [0.5, 0.6) is 0 Å². The molecule has 0 bridgehead atoms. The number of hydrogen-bond donors (Lipinski definition) is 1. The number of hydrogen-bond acceptors (Lipinski definition) is 1. The molecule has 2 nitrogen and oxygen atoms in total. The number of nitrogens with one attached hydrogen (secondary N) is 1. The predicted octanol–water partition coefficient (Wildman–Crippen LogP) is 5.37. The van der Waals surface area contributed by atoms with Crippen molar-refractivity contribution in [2.75, 3.05) is 5.32 Å². The van der Waals surface area contributed by atoms with Gasteiger partial charge in [0.15, 0.2) is 0 Å². The first-order valence-corrected chi connectivity index (χ1v) is 6.89. The highest BCUT2D eigenvalue weighted by atomic mass is 79.9. The van der Waals surface area contributed by atoms with Crippen molar-refractivity contribution in [3.8, 4) is 0 Å². The third-order valence-electron chi connectivity index (χ3n) is 2.65. The fourth-order valence-electron chi connectivity index (χ4n) is 1.70. The summed E-state index contributed by atoms with van der Waals surface area (Å²) in [4.78, 5) is 12.1. The Bertz CT molecular complexity index is 688. The van der Waals surface area contributed by atoms with Crippen molar-refractivity contribution in [1.82, 2.24) is 0 Å². The van der Waals surface area contributed by atoms with Gasteiger partial charge in [-0.1, -0.05) is 23.7 Å². The average molecular weight is 379 g/mol. The number of anilines is 1. The molecule has 0 fully saturated rings. The molecule has 2 aromatic rings. The second-order valence-electron chi connectivity index (χ2n) is 4.12. The summed E-state index contributed by atoms with van der Waals surface area (Å²) in [6, 6.07) is 9.45. The van der Waals surface area contributed by atoms with Crippen LogP contribution in [0.4, 0.5) is 18.9 Å². The van der Waals surface area contributed by atoms with Crippen LogP contribution in [0.25, 0.3) is 0 Å². The van der Waals surface area contributed by atoms with Crippen LogP contribution in [0, 0.1) is 0 Å². The maximum absolute atomic E-state index is 12.9. The van der Waals surface area contributed by atoms with Gasteiger partial charge in [0.05, 0.1) is 16.8 Å². The lowest BCUT2D eigenvalue weighted by atomic mass is 10.1. The van der Waals surface area contributed by atoms with Crippen LogP contribution in [0.1, 0.15) is 15.9 Å². The number of alkyl halides is 3. The first-order valence-electron chi connectivity index (χ1n) is 5.71. The molecule has 0 saturated heterocycles. The summed E-state index contributed by atoms with van der Waals surface area (Å²) in [7, 11) is 0. The van der Waals surface area contributed by atoms with E-state index in [0.29, 0.717) is 4.47 Å². The highest BCUT2D eigenvalue weighted by Crippen LogP contribution is 2.36. The van der Waals surface area contributed by atoms with Crippen LogP contribution in [0.3, 0.4) is 0 Å². The molecule has 0 aliphatic rings. The number of carbonyl (C=O) groups excluding carboxylic acids is 1. The SMILES string of the molecule is O=C(Nc1cc(Cl)ccc1C(F)(F)F)c1ccccc1Br. The highest BCUT2D eigenvalue weighted by molar-refractivity contribution is 9.10. The molecule has 110 valence electrons. The third kappa shape index (κ3) is 3.77. The zero-order valence-corrected chi connectivity index (χ0v) is 12.7. The predicted molar refractivity (Wildman–Crippen MR) is 78.5 cm³/mol. The zero-order valence-electron chi connectivity index (χ0n) is 10.3. The molecule has 7 heteroatoms. The van der Waals surface area contributed by atoms with E-state index in [-0.39, 0.29) is 16.3 Å². The molecule has 21 heavy (non-hydrogen) atoms. The molecule has 0 atom stereocenters. The molecule has 0 aromatic heterocycles. The number of rotatable bonds is 2.